The van der Waals surface area contributed by atoms with Crippen LogP contribution in [-0.2, 0) is 16.1 Å². The van der Waals surface area contributed by atoms with Crippen molar-refractivity contribution in [3.63, 3.8) is 0 Å². The molecular weight excluding hydrogens is 374 g/mol. The molecule has 0 bridgehead atoms. The van der Waals surface area contributed by atoms with Crippen molar-refractivity contribution >= 4 is 23.6 Å². The van der Waals surface area contributed by atoms with Gasteiger partial charge in [-0.3, -0.25) is 9.36 Å². The number of likely N-dealkylation sites (tertiary alicyclic amines) is 1. The highest BCUT2D eigenvalue weighted by atomic mass is 32.2. The second-order valence-corrected chi connectivity index (χ2v) is 9.10. The van der Waals surface area contributed by atoms with E-state index in [4.69, 9.17) is 4.74 Å². The fourth-order valence-electron chi connectivity index (χ4n) is 4.41. The fraction of sp³-hybridized carbons (Fsp3) is 0.850. The Morgan fingerprint density at radius 2 is 1.68 bits per heavy atom. The van der Waals surface area contributed by atoms with Crippen molar-refractivity contribution in [1.29, 1.82) is 0 Å². The minimum atomic E-state index is 0.234. The number of piperidine rings is 1. The van der Waals surface area contributed by atoms with Crippen molar-refractivity contribution in [3.8, 4) is 0 Å². The second-order valence-electron chi connectivity index (χ2n) is 8.16. The van der Waals surface area contributed by atoms with Crippen LogP contribution in [0.25, 0.3) is 0 Å². The summed E-state index contributed by atoms with van der Waals surface area (Å²) in [6, 6.07) is 0. The van der Waals surface area contributed by atoms with Gasteiger partial charge in [-0.05, 0) is 44.9 Å². The molecule has 7 nitrogen and oxygen atoms in total. The van der Waals surface area contributed by atoms with Crippen LogP contribution < -0.4 is 4.90 Å². The number of ether oxygens (including phenoxy) is 1. The molecule has 1 unspecified atom stereocenters. The maximum absolute atomic E-state index is 12.7. The topological polar surface area (TPSA) is 63.5 Å². The first-order valence-electron chi connectivity index (χ1n) is 11.0. The zero-order valence-corrected chi connectivity index (χ0v) is 17.7. The number of nitrogens with zero attached hydrogens (tertiary/aromatic N) is 5. The monoisotopic (exact) mass is 407 g/mol. The molecule has 156 valence electrons. The Kier molecular flexibility index (Phi) is 7.12. The van der Waals surface area contributed by atoms with Gasteiger partial charge >= 0.3 is 0 Å². The summed E-state index contributed by atoms with van der Waals surface area (Å²) < 4.78 is 8.09. The van der Waals surface area contributed by atoms with E-state index >= 15 is 0 Å². The molecule has 0 aliphatic carbocycles. The molecule has 1 amide bonds. The first-order chi connectivity index (χ1) is 13.8. The number of aromatic nitrogens is 3. The van der Waals surface area contributed by atoms with E-state index in [1.54, 1.807) is 0 Å². The third-order valence-corrected chi connectivity index (χ3v) is 6.98. The van der Waals surface area contributed by atoms with Crippen LogP contribution in [0, 0.1) is 0 Å². The fourth-order valence-corrected chi connectivity index (χ4v) is 5.25. The van der Waals surface area contributed by atoms with Gasteiger partial charge in [-0.25, -0.2) is 0 Å². The van der Waals surface area contributed by atoms with Gasteiger partial charge in [0.05, 0.1) is 18.4 Å². The molecule has 3 aliphatic heterocycles. The Morgan fingerprint density at radius 1 is 0.964 bits per heavy atom. The predicted octanol–water partition coefficient (Wildman–Crippen LogP) is 2.94. The van der Waals surface area contributed by atoms with E-state index in [9.17, 15) is 4.79 Å². The standard InChI is InChI=1S/C20H33N5O2S/c26-18(23-10-4-1-2-5-11-23)16-28-20-22-21-19(24-12-6-3-7-13-24)25(20)15-17-9-8-14-27-17/h17H,1-16H2. The number of anilines is 1. The highest BCUT2D eigenvalue weighted by Crippen LogP contribution is 2.27. The molecule has 3 aliphatic rings. The van der Waals surface area contributed by atoms with E-state index in [1.165, 1.54) is 43.9 Å². The first kappa shape index (κ1) is 20.0. The molecule has 3 saturated heterocycles. The van der Waals surface area contributed by atoms with E-state index in [0.29, 0.717) is 5.75 Å². The van der Waals surface area contributed by atoms with Crippen molar-refractivity contribution in [2.45, 2.75) is 75.6 Å². The smallest absolute Gasteiger partial charge is 0.233 e. The maximum Gasteiger partial charge on any atom is 0.233 e. The number of hydrogen-bond acceptors (Lipinski definition) is 6. The highest BCUT2D eigenvalue weighted by molar-refractivity contribution is 7.99. The van der Waals surface area contributed by atoms with Crippen LogP contribution in [0.15, 0.2) is 5.16 Å². The summed E-state index contributed by atoms with van der Waals surface area (Å²) >= 11 is 1.54. The molecule has 4 rings (SSSR count). The third kappa shape index (κ3) is 5.00. The molecular formula is C20H33N5O2S. The summed E-state index contributed by atoms with van der Waals surface area (Å²) in [6.45, 7) is 5.53. The number of carbonyl (C=O) groups is 1. The Labute approximate surface area is 172 Å². The van der Waals surface area contributed by atoms with E-state index in [2.05, 4.69) is 19.7 Å². The molecule has 0 radical (unpaired) electrons. The van der Waals surface area contributed by atoms with E-state index < -0.39 is 0 Å². The summed E-state index contributed by atoms with van der Waals surface area (Å²) in [4.78, 5) is 17.1. The largest absolute Gasteiger partial charge is 0.376 e. The van der Waals surface area contributed by atoms with Crippen molar-refractivity contribution in [1.82, 2.24) is 19.7 Å². The Morgan fingerprint density at radius 3 is 2.39 bits per heavy atom. The highest BCUT2D eigenvalue weighted by Gasteiger charge is 2.25. The Balaban J connectivity index is 1.44. The molecule has 1 aromatic rings. The molecule has 0 aromatic carbocycles. The summed E-state index contributed by atoms with van der Waals surface area (Å²) in [6.07, 6.45) is 10.9. The van der Waals surface area contributed by atoms with Crippen LogP contribution in [0.4, 0.5) is 5.95 Å². The van der Waals surface area contributed by atoms with Crippen molar-refractivity contribution in [2.24, 2.45) is 0 Å². The van der Waals surface area contributed by atoms with Gasteiger partial charge in [0.15, 0.2) is 5.16 Å². The van der Waals surface area contributed by atoms with Crippen LogP contribution in [0.1, 0.15) is 57.8 Å². The summed E-state index contributed by atoms with van der Waals surface area (Å²) in [5.41, 5.74) is 0. The molecule has 0 saturated carbocycles. The third-order valence-electron chi connectivity index (χ3n) is 6.03. The van der Waals surface area contributed by atoms with Crippen LogP contribution in [-0.4, -0.2) is 70.2 Å². The lowest BCUT2D eigenvalue weighted by Crippen LogP contribution is -2.33. The number of thioether (sulfide) groups is 1. The number of hydrogen-bond donors (Lipinski definition) is 0. The van der Waals surface area contributed by atoms with E-state index in [0.717, 1.165) is 76.1 Å². The lowest BCUT2D eigenvalue weighted by molar-refractivity contribution is -0.128. The van der Waals surface area contributed by atoms with Crippen LogP contribution in [0.3, 0.4) is 0 Å². The maximum atomic E-state index is 12.7. The predicted molar refractivity (Wildman–Crippen MR) is 111 cm³/mol. The second kappa shape index (κ2) is 9.96. The van der Waals surface area contributed by atoms with E-state index in [1.807, 2.05) is 4.90 Å². The normalized spacial score (nSPS) is 23.8. The van der Waals surface area contributed by atoms with Gasteiger partial charge in [0, 0.05) is 32.8 Å². The first-order valence-corrected chi connectivity index (χ1v) is 12.0. The van der Waals surface area contributed by atoms with Crippen LogP contribution >= 0.6 is 11.8 Å². The molecule has 1 atom stereocenters. The molecule has 0 N–H and O–H groups in total. The van der Waals surface area contributed by atoms with Gasteiger partial charge in [-0.15, -0.1) is 10.2 Å². The minimum absolute atomic E-state index is 0.234. The quantitative estimate of drug-likeness (QED) is 0.676. The number of rotatable bonds is 6. The summed E-state index contributed by atoms with van der Waals surface area (Å²) in [5.74, 6) is 1.64. The molecule has 3 fully saturated rings. The van der Waals surface area contributed by atoms with Gasteiger partial charge < -0.3 is 14.5 Å². The van der Waals surface area contributed by atoms with Crippen molar-refractivity contribution in [3.05, 3.63) is 0 Å². The molecule has 28 heavy (non-hydrogen) atoms. The summed E-state index contributed by atoms with van der Waals surface area (Å²) in [5, 5.41) is 9.86. The van der Waals surface area contributed by atoms with Gasteiger partial charge in [0.2, 0.25) is 11.9 Å². The molecule has 0 spiro atoms. The SMILES string of the molecule is O=C(CSc1nnc(N2CCCCC2)n1CC1CCCO1)N1CCCCCC1. The van der Waals surface area contributed by atoms with Gasteiger partial charge in [0.25, 0.3) is 0 Å². The Bertz CT molecular complexity index is 633. The lowest BCUT2D eigenvalue weighted by atomic mass is 10.1. The minimum Gasteiger partial charge on any atom is -0.376 e. The van der Waals surface area contributed by atoms with Gasteiger partial charge in [0.1, 0.15) is 0 Å². The summed E-state index contributed by atoms with van der Waals surface area (Å²) in [7, 11) is 0. The van der Waals surface area contributed by atoms with Gasteiger partial charge in [-0.1, -0.05) is 24.6 Å². The number of amides is 1. The van der Waals surface area contributed by atoms with Crippen LogP contribution in [0.2, 0.25) is 0 Å². The molecule has 4 heterocycles. The van der Waals surface area contributed by atoms with E-state index in [-0.39, 0.29) is 12.0 Å². The van der Waals surface area contributed by atoms with Gasteiger partial charge in [-0.2, -0.15) is 0 Å². The zero-order chi connectivity index (χ0) is 19.2. The van der Waals surface area contributed by atoms with Crippen molar-refractivity contribution in [2.75, 3.05) is 43.4 Å². The molecule has 8 heteroatoms. The van der Waals surface area contributed by atoms with Crippen molar-refractivity contribution < 1.29 is 9.53 Å². The molecule has 1 aromatic heterocycles. The van der Waals surface area contributed by atoms with Crippen LogP contribution in [0.5, 0.6) is 0 Å². The average molecular weight is 408 g/mol. The average Bonchev–Trinajstić information content (AvgIpc) is 3.29. The lowest BCUT2D eigenvalue weighted by Gasteiger charge is -2.28. The number of carbonyl (C=O) groups excluding carboxylic acids is 1. The Hall–Kier alpha value is -1.28. The zero-order valence-electron chi connectivity index (χ0n) is 16.9.